The van der Waals surface area contributed by atoms with E-state index in [-0.39, 0.29) is 6.03 Å². The Morgan fingerprint density at radius 1 is 1.24 bits per heavy atom. The van der Waals surface area contributed by atoms with Crippen molar-refractivity contribution in [3.63, 3.8) is 0 Å². The summed E-state index contributed by atoms with van der Waals surface area (Å²) in [6, 6.07) is 10.8. The van der Waals surface area contributed by atoms with Crippen LogP contribution in [0, 0.1) is 0 Å². The summed E-state index contributed by atoms with van der Waals surface area (Å²) in [6.07, 6.45) is 5.38. The van der Waals surface area contributed by atoms with Crippen LogP contribution in [0.5, 0.6) is 0 Å². The molecule has 3 rings (SSSR count). The zero-order valence-corrected chi connectivity index (χ0v) is 13.5. The topological polar surface area (TPSA) is 92.9 Å². The lowest BCUT2D eigenvalue weighted by Crippen LogP contribution is -2.29. The Morgan fingerprint density at radius 3 is 2.92 bits per heavy atom. The van der Waals surface area contributed by atoms with Gasteiger partial charge in [-0.25, -0.2) is 4.79 Å². The molecule has 126 valence electrons. The molecule has 2 N–H and O–H groups in total. The minimum atomic E-state index is -0.297. The molecule has 7 heteroatoms. The van der Waals surface area contributed by atoms with Crippen molar-refractivity contribution in [1.82, 2.24) is 20.4 Å². The highest BCUT2D eigenvalue weighted by Crippen LogP contribution is 2.20. The van der Waals surface area contributed by atoms with Crippen molar-refractivity contribution < 1.29 is 9.32 Å². The molecule has 0 radical (unpaired) electrons. The maximum atomic E-state index is 11.8. The van der Waals surface area contributed by atoms with Crippen LogP contribution >= 0.6 is 0 Å². The second-order valence-electron chi connectivity index (χ2n) is 5.21. The number of urea groups is 1. The summed E-state index contributed by atoms with van der Waals surface area (Å²) in [6.45, 7) is 3.96. The van der Waals surface area contributed by atoms with E-state index in [1.165, 1.54) is 0 Å². The normalized spacial score (nSPS) is 10.2. The molecule has 0 aliphatic carbocycles. The predicted octanol–water partition coefficient (Wildman–Crippen LogP) is 3.03. The Balaban J connectivity index is 1.74. The SMILES string of the molecule is C=CCNC(=O)Nc1ccccc1Cc1nc(-c2cccnc2)no1. The first-order valence-corrected chi connectivity index (χ1v) is 7.73. The van der Waals surface area contributed by atoms with Gasteiger partial charge in [-0.2, -0.15) is 4.98 Å². The molecular weight excluding hydrogens is 318 g/mol. The zero-order valence-electron chi connectivity index (χ0n) is 13.5. The molecule has 2 amide bonds. The van der Waals surface area contributed by atoms with Gasteiger partial charge in [0.15, 0.2) is 0 Å². The number of amides is 2. The zero-order chi connectivity index (χ0) is 17.5. The summed E-state index contributed by atoms with van der Waals surface area (Å²) in [7, 11) is 0. The monoisotopic (exact) mass is 335 g/mol. The number of benzene rings is 1. The minimum absolute atomic E-state index is 0.297. The number of nitrogens with one attached hydrogen (secondary N) is 2. The summed E-state index contributed by atoms with van der Waals surface area (Å²) in [5.41, 5.74) is 2.34. The van der Waals surface area contributed by atoms with Crippen LogP contribution in [0.4, 0.5) is 10.5 Å². The maximum absolute atomic E-state index is 11.8. The molecule has 25 heavy (non-hydrogen) atoms. The van der Waals surface area contributed by atoms with Crippen LogP contribution in [0.2, 0.25) is 0 Å². The fraction of sp³-hybridized carbons (Fsp3) is 0.111. The average Bonchev–Trinajstić information content (AvgIpc) is 3.11. The van der Waals surface area contributed by atoms with E-state index in [1.807, 2.05) is 36.4 Å². The van der Waals surface area contributed by atoms with Gasteiger partial charge in [0.1, 0.15) is 0 Å². The lowest BCUT2D eigenvalue weighted by molar-refractivity contribution is 0.253. The first-order valence-electron chi connectivity index (χ1n) is 7.73. The molecule has 1 aromatic carbocycles. The van der Waals surface area contributed by atoms with E-state index >= 15 is 0 Å². The van der Waals surface area contributed by atoms with Crippen molar-refractivity contribution in [2.75, 3.05) is 11.9 Å². The number of hydrogen-bond acceptors (Lipinski definition) is 5. The largest absolute Gasteiger partial charge is 0.339 e. The van der Waals surface area contributed by atoms with Crippen molar-refractivity contribution in [1.29, 1.82) is 0 Å². The second kappa shape index (κ2) is 7.87. The molecule has 0 atom stereocenters. The third-order valence-electron chi connectivity index (χ3n) is 3.40. The van der Waals surface area contributed by atoms with Gasteiger partial charge in [0.05, 0.1) is 6.42 Å². The number of para-hydroxylation sites is 1. The molecule has 0 spiro atoms. The standard InChI is InChI=1S/C18H17N5O2/c1-2-9-20-18(24)21-15-8-4-3-6-13(15)11-16-22-17(23-25-16)14-7-5-10-19-12-14/h2-8,10,12H,1,9,11H2,(H2,20,21,24). The van der Waals surface area contributed by atoms with Crippen LogP contribution in [-0.2, 0) is 6.42 Å². The molecule has 0 aliphatic heterocycles. The van der Waals surface area contributed by atoms with Crippen molar-refractivity contribution in [3.05, 3.63) is 72.9 Å². The number of carbonyl (C=O) groups is 1. The molecule has 0 fully saturated rings. The van der Waals surface area contributed by atoms with Crippen LogP contribution in [-0.4, -0.2) is 27.7 Å². The highest BCUT2D eigenvalue weighted by molar-refractivity contribution is 5.90. The summed E-state index contributed by atoms with van der Waals surface area (Å²) in [5, 5.41) is 9.45. The van der Waals surface area contributed by atoms with Crippen LogP contribution in [0.25, 0.3) is 11.4 Å². The lowest BCUT2D eigenvalue weighted by atomic mass is 10.1. The van der Waals surface area contributed by atoms with Crippen LogP contribution in [0.3, 0.4) is 0 Å². The number of nitrogens with zero attached hydrogens (tertiary/aromatic N) is 3. The van der Waals surface area contributed by atoms with Crippen molar-refractivity contribution in [2.45, 2.75) is 6.42 Å². The van der Waals surface area contributed by atoms with E-state index in [0.717, 1.165) is 11.1 Å². The number of aromatic nitrogens is 3. The summed E-state index contributed by atoms with van der Waals surface area (Å²) >= 11 is 0. The van der Waals surface area contributed by atoms with Crippen LogP contribution < -0.4 is 10.6 Å². The van der Waals surface area contributed by atoms with Gasteiger partial charge in [-0.1, -0.05) is 29.4 Å². The Morgan fingerprint density at radius 2 is 2.12 bits per heavy atom. The van der Waals surface area contributed by atoms with E-state index in [1.54, 1.807) is 18.5 Å². The number of pyridine rings is 1. The summed E-state index contributed by atoms with van der Waals surface area (Å²) < 4.78 is 5.32. The van der Waals surface area contributed by atoms with Crippen molar-refractivity contribution in [2.24, 2.45) is 0 Å². The summed E-state index contributed by atoms with van der Waals surface area (Å²) in [4.78, 5) is 20.3. The molecule has 0 aliphatic rings. The van der Waals surface area contributed by atoms with Crippen molar-refractivity contribution in [3.8, 4) is 11.4 Å². The average molecular weight is 335 g/mol. The Labute approximate surface area is 144 Å². The highest BCUT2D eigenvalue weighted by atomic mass is 16.5. The van der Waals surface area contributed by atoms with Gasteiger partial charge in [-0.3, -0.25) is 4.98 Å². The minimum Gasteiger partial charge on any atom is -0.339 e. The Hall–Kier alpha value is -3.48. The van der Waals surface area contributed by atoms with Crippen LogP contribution in [0.15, 0.2) is 66.0 Å². The van der Waals surface area contributed by atoms with Gasteiger partial charge in [-0.05, 0) is 23.8 Å². The molecule has 0 unspecified atom stereocenters. The number of anilines is 1. The van der Waals surface area contributed by atoms with E-state index in [2.05, 4.69) is 32.3 Å². The highest BCUT2D eigenvalue weighted by Gasteiger charge is 2.12. The van der Waals surface area contributed by atoms with Gasteiger partial charge in [0.2, 0.25) is 11.7 Å². The van der Waals surface area contributed by atoms with Gasteiger partial charge < -0.3 is 15.2 Å². The Bertz CT molecular complexity index is 861. The quantitative estimate of drug-likeness (QED) is 0.675. The molecule has 0 saturated carbocycles. The maximum Gasteiger partial charge on any atom is 0.319 e. The lowest BCUT2D eigenvalue weighted by Gasteiger charge is -2.10. The first-order chi connectivity index (χ1) is 12.3. The van der Waals surface area contributed by atoms with Gasteiger partial charge in [-0.15, -0.1) is 6.58 Å². The molecule has 2 aromatic heterocycles. The third-order valence-corrected chi connectivity index (χ3v) is 3.40. The summed E-state index contributed by atoms with van der Waals surface area (Å²) in [5.74, 6) is 0.942. The second-order valence-corrected chi connectivity index (χ2v) is 5.21. The molecule has 0 saturated heterocycles. The molecule has 7 nitrogen and oxygen atoms in total. The van der Waals surface area contributed by atoms with Gasteiger partial charge in [0.25, 0.3) is 0 Å². The van der Waals surface area contributed by atoms with E-state index < -0.39 is 0 Å². The van der Waals surface area contributed by atoms with E-state index in [0.29, 0.717) is 30.4 Å². The predicted molar refractivity (Wildman–Crippen MR) is 94.0 cm³/mol. The number of hydrogen-bond donors (Lipinski definition) is 2. The fourth-order valence-corrected chi connectivity index (χ4v) is 2.23. The number of rotatable bonds is 6. The molecule has 2 heterocycles. The third kappa shape index (κ3) is 4.29. The van der Waals surface area contributed by atoms with E-state index in [4.69, 9.17) is 4.52 Å². The smallest absolute Gasteiger partial charge is 0.319 e. The van der Waals surface area contributed by atoms with Crippen molar-refractivity contribution >= 4 is 11.7 Å². The first kappa shape index (κ1) is 16.4. The van der Waals surface area contributed by atoms with Gasteiger partial charge in [0, 0.05) is 30.2 Å². The fourth-order valence-electron chi connectivity index (χ4n) is 2.23. The molecule has 0 bridgehead atoms. The number of carbonyl (C=O) groups excluding carboxylic acids is 1. The molecule has 3 aromatic rings. The molecular formula is C18H17N5O2. The Kier molecular flexibility index (Phi) is 5.16. The van der Waals surface area contributed by atoms with Gasteiger partial charge >= 0.3 is 6.03 Å². The van der Waals surface area contributed by atoms with Crippen LogP contribution in [0.1, 0.15) is 11.5 Å². The van der Waals surface area contributed by atoms with E-state index in [9.17, 15) is 4.79 Å².